The van der Waals surface area contributed by atoms with E-state index in [0.29, 0.717) is 12.8 Å². The van der Waals surface area contributed by atoms with Crippen LogP contribution < -0.4 is 5.73 Å². The number of rotatable bonds is 2. The van der Waals surface area contributed by atoms with E-state index >= 15 is 0 Å². The molecule has 0 spiro atoms. The van der Waals surface area contributed by atoms with Crippen LogP contribution in [0.5, 0.6) is 0 Å². The van der Waals surface area contributed by atoms with Crippen molar-refractivity contribution in [3.8, 4) is 0 Å². The molecule has 0 aromatic carbocycles. The largest absolute Gasteiger partial charge is 0.481 e. The second-order valence-electron chi connectivity index (χ2n) is 4.41. The molecule has 1 unspecified atom stereocenters. The van der Waals surface area contributed by atoms with E-state index in [2.05, 4.69) is 12.2 Å². The predicted molar refractivity (Wildman–Crippen MR) is 58.3 cm³/mol. The first-order valence-corrected chi connectivity index (χ1v) is 5.14. The molecule has 3 heteroatoms. The third-order valence-electron chi connectivity index (χ3n) is 2.97. The Morgan fingerprint density at radius 1 is 1.47 bits per heavy atom. The summed E-state index contributed by atoms with van der Waals surface area (Å²) in [5, 5.41) is 8.80. The van der Waals surface area contributed by atoms with Crippen molar-refractivity contribution < 1.29 is 9.90 Å². The number of hydrogen-bond acceptors (Lipinski definition) is 2. The molecular weight excluding hydrogens is 190 g/mol. The Kier molecular flexibility index (Phi) is 2.49. The minimum absolute atomic E-state index is 0.0531. The average Bonchev–Trinajstić information content (AvgIpc) is 2.30. The lowest BCUT2D eigenvalue weighted by Gasteiger charge is -2.22. The molecule has 3 nitrogen and oxygen atoms in total. The molecular formula is C12H15NO2. The maximum Gasteiger partial charge on any atom is 0.305 e. The van der Waals surface area contributed by atoms with Crippen LogP contribution in [0.2, 0.25) is 0 Å². The van der Waals surface area contributed by atoms with Gasteiger partial charge in [0, 0.05) is 5.54 Å². The molecule has 0 aliphatic heterocycles. The molecule has 0 saturated carbocycles. The quantitative estimate of drug-likeness (QED) is 0.722. The predicted octanol–water partition coefficient (Wildman–Crippen LogP) is 1.77. The van der Waals surface area contributed by atoms with Gasteiger partial charge in [-0.3, -0.25) is 4.79 Å². The summed E-state index contributed by atoms with van der Waals surface area (Å²) in [6, 6.07) is 0. The van der Waals surface area contributed by atoms with Crippen molar-refractivity contribution in [2.75, 3.05) is 0 Å². The van der Waals surface area contributed by atoms with Gasteiger partial charge in [0.15, 0.2) is 0 Å². The summed E-state index contributed by atoms with van der Waals surface area (Å²) in [4.78, 5) is 10.7. The first-order chi connectivity index (χ1) is 7.09. The smallest absolute Gasteiger partial charge is 0.305 e. The lowest BCUT2D eigenvalue weighted by molar-refractivity contribution is -0.138. The molecule has 0 fully saturated rings. The van der Waals surface area contributed by atoms with Crippen molar-refractivity contribution in [3.05, 3.63) is 35.5 Å². The Morgan fingerprint density at radius 3 is 3.00 bits per heavy atom. The highest BCUT2D eigenvalue weighted by atomic mass is 16.4. The van der Waals surface area contributed by atoms with Crippen LogP contribution >= 0.6 is 0 Å². The van der Waals surface area contributed by atoms with E-state index < -0.39 is 11.5 Å². The van der Waals surface area contributed by atoms with Crippen LogP contribution in [0.1, 0.15) is 25.7 Å². The minimum atomic E-state index is -0.810. The van der Waals surface area contributed by atoms with Crippen LogP contribution in [0, 0.1) is 0 Å². The monoisotopic (exact) mass is 205 g/mol. The van der Waals surface area contributed by atoms with Crippen molar-refractivity contribution in [1.82, 2.24) is 0 Å². The fraction of sp³-hybridized carbons (Fsp3) is 0.417. The van der Waals surface area contributed by atoms with Crippen LogP contribution in [-0.4, -0.2) is 16.6 Å². The Labute approximate surface area is 89.0 Å². The summed E-state index contributed by atoms with van der Waals surface area (Å²) < 4.78 is 0. The van der Waals surface area contributed by atoms with E-state index in [1.807, 2.05) is 12.2 Å². The van der Waals surface area contributed by atoms with Crippen molar-refractivity contribution in [3.63, 3.8) is 0 Å². The summed E-state index contributed by atoms with van der Waals surface area (Å²) in [6.07, 6.45) is 10.5. The lowest BCUT2D eigenvalue weighted by atomic mass is 9.91. The molecule has 2 aliphatic carbocycles. The average molecular weight is 205 g/mol. The third kappa shape index (κ3) is 2.18. The Bertz CT molecular complexity index is 379. The molecule has 15 heavy (non-hydrogen) atoms. The highest BCUT2D eigenvalue weighted by Crippen LogP contribution is 2.38. The van der Waals surface area contributed by atoms with E-state index in [4.69, 9.17) is 10.8 Å². The molecule has 1 atom stereocenters. The molecule has 80 valence electrons. The zero-order chi connectivity index (χ0) is 10.9. The topological polar surface area (TPSA) is 63.3 Å². The fourth-order valence-electron chi connectivity index (χ4n) is 2.37. The summed E-state index contributed by atoms with van der Waals surface area (Å²) in [5.41, 5.74) is 8.05. The summed E-state index contributed by atoms with van der Waals surface area (Å²) >= 11 is 0. The second kappa shape index (κ2) is 3.66. The zero-order valence-electron chi connectivity index (χ0n) is 8.57. The van der Waals surface area contributed by atoms with E-state index in [0.717, 1.165) is 6.42 Å². The first kappa shape index (κ1) is 10.2. The molecule has 0 amide bonds. The standard InChI is InChI=1S/C12H15NO2/c13-12(8-11(14)15)6-9-4-2-1-3-5-10(9)7-12/h1-4H,5-8,13H2,(H,14,15). The SMILES string of the molecule is NC1(CC(=O)O)CC2=C(CC=CC=C2)C1. The Hall–Kier alpha value is -1.35. The molecule has 2 rings (SSSR count). The Morgan fingerprint density at radius 2 is 2.27 bits per heavy atom. The second-order valence-corrected chi connectivity index (χ2v) is 4.41. The summed E-state index contributed by atoms with van der Waals surface area (Å²) in [7, 11) is 0. The van der Waals surface area contributed by atoms with Crippen LogP contribution in [0.3, 0.4) is 0 Å². The molecule has 0 heterocycles. The van der Waals surface area contributed by atoms with Gasteiger partial charge in [0.2, 0.25) is 0 Å². The van der Waals surface area contributed by atoms with Gasteiger partial charge < -0.3 is 10.8 Å². The summed E-state index contributed by atoms with van der Waals surface area (Å²) in [6.45, 7) is 0. The summed E-state index contributed by atoms with van der Waals surface area (Å²) in [5.74, 6) is -0.810. The van der Waals surface area contributed by atoms with Crippen LogP contribution in [0.15, 0.2) is 35.5 Å². The van der Waals surface area contributed by atoms with Gasteiger partial charge >= 0.3 is 5.97 Å². The molecule has 0 aromatic rings. The van der Waals surface area contributed by atoms with E-state index in [1.165, 1.54) is 11.1 Å². The van der Waals surface area contributed by atoms with Gasteiger partial charge in [-0.25, -0.2) is 0 Å². The van der Waals surface area contributed by atoms with Crippen molar-refractivity contribution in [1.29, 1.82) is 0 Å². The number of carboxylic acid groups (broad SMARTS) is 1. The van der Waals surface area contributed by atoms with Gasteiger partial charge in [0.1, 0.15) is 0 Å². The molecule has 2 aliphatic rings. The molecule has 0 aromatic heterocycles. The third-order valence-corrected chi connectivity index (χ3v) is 2.97. The van der Waals surface area contributed by atoms with Gasteiger partial charge in [-0.2, -0.15) is 0 Å². The minimum Gasteiger partial charge on any atom is -0.481 e. The Balaban J connectivity index is 2.13. The van der Waals surface area contributed by atoms with Gasteiger partial charge in [0.05, 0.1) is 6.42 Å². The molecule has 3 N–H and O–H groups in total. The first-order valence-electron chi connectivity index (χ1n) is 5.14. The van der Waals surface area contributed by atoms with Crippen LogP contribution in [0.25, 0.3) is 0 Å². The van der Waals surface area contributed by atoms with Crippen molar-refractivity contribution in [2.45, 2.75) is 31.2 Å². The number of carboxylic acids is 1. The lowest BCUT2D eigenvalue weighted by Crippen LogP contribution is -2.39. The highest BCUT2D eigenvalue weighted by Gasteiger charge is 2.35. The maximum absolute atomic E-state index is 10.7. The van der Waals surface area contributed by atoms with E-state index in [-0.39, 0.29) is 6.42 Å². The van der Waals surface area contributed by atoms with Crippen LogP contribution in [0.4, 0.5) is 0 Å². The molecule has 0 radical (unpaired) electrons. The van der Waals surface area contributed by atoms with E-state index in [1.54, 1.807) is 0 Å². The number of carbonyl (C=O) groups is 1. The molecule has 0 bridgehead atoms. The normalized spacial score (nSPS) is 29.1. The van der Waals surface area contributed by atoms with Crippen molar-refractivity contribution in [2.24, 2.45) is 5.73 Å². The highest BCUT2D eigenvalue weighted by molar-refractivity contribution is 5.69. The number of allylic oxidation sites excluding steroid dienone is 4. The maximum atomic E-state index is 10.7. The van der Waals surface area contributed by atoms with Gasteiger partial charge in [-0.1, -0.05) is 29.9 Å². The van der Waals surface area contributed by atoms with Gasteiger partial charge in [-0.15, -0.1) is 0 Å². The fourth-order valence-corrected chi connectivity index (χ4v) is 2.37. The van der Waals surface area contributed by atoms with E-state index in [9.17, 15) is 4.79 Å². The number of aliphatic carboxylic acids is 1. The van der Waals surface area contributed by atoms with Gasteiger partial charge in [-0.05, 0) is 24.8 Å². The zero-order valence-corrected chi connectivity index (χ0v) is 8.57. The molecule has 0 saturated heterocycles. The number of hydrogen-bond donors (Lipinski definition) is 2. The van der Waals surface area contributed by atoms with Gasteiger partial charge in [0.25, 0.3) is 0 Å². The van der Waals surface area contributed by atoms with Crippen LogP contribution in [-0.2, 0) is 4.79 Å². The number of nitrogens with two attached hydrogens (primary N) is 1. The van der Waals surface area contributed by atoms with Crippen molar-refractivity contribution >= 4 is 5.97 Å².